The molecule has 0 aliphatic carbocycles. The van der Waals surface area contributed by atoms with E-state index in [1.54, 1.807) is 0 Å². The maximum Gasteiger partial charge on any atom is 0.0951 e. The highest BCUT2D eigenvalue weighted by atomic mass is 15.2. The fraction of sp³-hybridized carbons (Fsp3) is 0.688. The predicted octanol–water partition coefficient (Wildman–Crippen LogP) is 5.23. The summed E-state index contributed by atoms with van der Waals surface area (Å²) in [7, 11) is 0. The van der Waals surface area contributed by atoms with E-state index in [0.29, 0.717) is 6.04 Å². The molecule has 0 saturated heterocycles. The van der Waals surface area contributed by atoms with Crippen LogP contribution >= 0.6 is 0 Å². The molecule has 0 aromatic carbocycles. The van der Waals surface area contributed by atoms with Crippen molar-refractivity contribution < 1.29 is 0 Å². The van der Waals surface area contributed by atoms with Crippen LogP contribution in [0.4, 0.5) is 0 Å². The number of allylic oxidation sites excluding steroid dienone is 2. The predicted molar refractivity (Wildman–Crippen MR) is 84.8 cm³/mol. The van der Waals surface area contributed by atoms with E-state index in [1.807, 2.05) is 26.4 Å². The van der Waals surface area contributed by atoms with Crippen LogP contribution in [0.2, 0.25) is 0 Å². The van der Waals surface area contributed by atoms with Gasteiger partial charge in [-0.2, -0.15) is 0 Å². The highest BCUT2D eigenvalue weighted by Gasteiger charge is 2.11. The number of aliphatic imine (C=N–C) groups is 1. The average molecular weight is 252 g/mol. The Kier molecular flexibility index (Phi) is 11.9. The Hall–Kier alpha value is -1.05. The normalized spacial score (nSPS) is 13.1. The van der Waals surface area contributed by atoms with Gasteiger partial charge in [-0.3, -0.25) is 0 Å². The maximum atomic E-state index is 4.10. The van der Waals surface area contributed by atoms with E-state index in [9.17, 15) is 0 Å². The molecule has 0 amide bonds. The molecular weight excluding hydrogens is 220 g/mol. The van der Waals surface area contributed by atoms with Gasteiger partial charge >= 0.3 is 0 Å². The van der Waals surface area contributed by atoms with Crippen molar-refractivity contribution in [2.75, 3.05) is 0 Å². The standard InChI is InChI=1S/C10H16N2.C4H10.C2H6/c1-8(2)10-5-6-11-7-12(10)9(3)4;1-4(2)3;1-2/h5-7,9H,1-4H3;4H,1-3H3;1-2H3. The first-order chi connectivity index (χ1) is 8.36. The zero-order valence-electron chi connectivity index (χ0n) is 13.8. The lowest BCUT2D eigenvalue weighted by Gasteiger charge is -2.27. The van der Waals surface area contributed by atoms with Crippen LogP contribution in [0.25, 0.3) is 0 Å². The molecule has 1 aliphatic rings. The Balaban J connectivity index is 0. The van der Waals surface area contributed by atoms with Gasteiger partial charge in [-0.1, -0.05) is 40.2 Å². The maximum absolute atomic E-state index is 4.10. The third-order valence-corrected chi connectivity index (χ3v) is 1.86. The van der Waals surface area contributed by atoms with Crippen molar-refractivity contribution in [3.63, 3.8) is 0 Å². The summed E-state index contributed by atoms with van der Waals surface area (Å²) in [4.78, 5) is 6.27. The quantitative estimate of drug-likeness (QED) is 0.623. The molecule has 0 bridgehead atoms. The molecule has 0 atom stereocenters. The van der Waals surface area contributed by atoms with Crippen LogP contribution in [0.3, 0.4) is 0 Å². The highest BCUT2D eigenvalue weighted by molar-refractivity contribution is 5.63. The topological polar surface area (TPSA) is 15.6 Å². The van der Waals surface area contributed by atoms with Crippen molar-refractivity contribution in [1.82, 2.24) is 4.90 Å². The monoisotopic (exact) mass is 252 g/mol. The second-order valence-electron chi connectivity index (χ2n) is 5.20. The number of hydrogen-bond donors (Lipinski definition) is 0. The van der Waals surface area contributed by atoms with Crippen LogP contribution in [0, 0.1) is 5.92 Å². The molecule has 2 nitrogen and oxygen atoms in total. The fourth-order valence-corrected chi connectivity index (χ4v) is 1.21. The Bertz CT molecular complexity index is 277. The lowest BCUT2D eigenvalue weighted by atomic mass is 10.2. The van der Waals surface area contributed by atoms with Gasteiger partial charge in [0.25, 0.3) is 0 Å². The first-order valence-corrected chi connectivity index (χ1v) is 7.02. The summed E-state index contributed by atoms with van der Waals surface area (Å²) >= 11 is 0. The fourth-order valence-electron chi connectivity index (χ4n) is 1.21. The minimum atomic E-state index is 0.476. The smallest absolute Gasteiger partial charge is 0.0951 e. The third-order valence-electron chi connectivity index (χ3n) is 1.86. The Morgan fingerprint density at radius 1 is 1.06 bits per heavy atom. The number of hydrogen-bond acceptors (Lipinski definition) is 2. The van der Waals surface area contributed by atoms with Crippen LogP contribution in [0.15, 0.2) is 28.5 Å². The molecule has 1 aliphatic heterocycles. The van der Waals surface area contributed by atoms with E-state index in [4.69, 9.17) is 0 Å². The molecule has 0 saturated carbocycles. The molecule has 1 rings (SSSR count). The van der Waals surface area contributed by atoms with Crippen LogP contribution in [-0.2, 0) is 0 Å². The first-order valence-electron chi connectivity index (χ1n) is 7.02. The summed E-state index contributed by atoms with van der Waals surface area (Å²) in [5.74, 6) is 0.833. The Labute approximate surface area is 114 Å². The molecule has 106 valence electrons. The van der Waals surface area contributed by atoms with E-state index >= 15 is 0 Å². The highest BCUT2D eigenvalue weighted by Crippen LogP contribution is 2.16. The minimum Gasteiger partial charge on any atom is -0.330 e. The van der Waals surface area contributed by atoms with Crippen molar-refractivity contribution in [3.05, 3.63) is 23.5 Å². The average Bonchev–Trinajstić information content (AvgIpc) is 2.30. The third kappa shape index (κ3) is 9.03. The number of nitrogens with zero attached hydrogens (tertiary/aromatic N) is 2. The van der Waals surface area contributed by atoms with Gasteiger partial charge in [-0.15, -0.1) is 0 Å². The molecule has 0 N–H and O–H groups in total. The summed E-state index contributed by atoms with van der Waals surface area (Å²) in [6.45, 7) is 19.1. The van der Waals surface area contributed by atoms with E-state index in [2.05, 4.69) is 64.4 Å². The van der Waals surface area contributed by atoms with Gasteiger partial charge in [0.15, 0.2) is 0 Å². The number of rotatable bonds is 1. The molecule has 2 heteroatoms. The summed E-state index contributed by atoms with van der Waals surface area (Å²) in [6, 6.07) is 0.476. The lowest BCUT2D eigenvalue weighted by molar-refractivity contribution is 0.441. The van der Waals surface area contributed by atoms with Gasteiger partial charge in [0.05, 0.1) is 6.34 Å². The summed E-state index contributed by atoms with van der Waals surface area (Å²) in [5.41, 5.74) is 2.59. The summed E-state index contributed by atoms with van der Waals surface area (Å²) in [5, 5.41) is 0. The zero-order chi connectivity index (χ0) is 14.7. The second-order valence-corrected chi connectivity index (χ2v) is 5.20. The molecule has 0 radical (unpaired) electrons. The van der Waals surface area contributed by atoms with Crippen molar-refractivity contribution in [3.8, 4) is 0 Å². The Morgan fingerprint density at radius 2 is 1.50 bits per heavy atom. The molecule has 18 heavy (non-hydrogen) atoms. The van der Waals surface area contributed by atoms with Crippen LogP contribution < -0.4 is 0 Å². The van der Waals surface area contributed by atoms with E-state index < -0.39 is 0 Å². The molecule has 0 fully saturated rings. The van der Waals surface area contributed by atoms with E-state index in [-0.39, 0.29) is 0 Å². The van der Waals surface area contributed by atoms with Gasteiger partial charge < -0.3 is 4.90 Å². The van der Waals surface area contributed by atoms with Crippen LogP contribution in [0.1, 0.15) is 62.3 Å². The van der Waals surface area contributed by atoms with Crippen LogP contribution in [0.5, 0.6) is 0 Å². The SMILES string of the molecule is CC.CC(C)=C1C=CN=CN1C(C)C.CC(C)C. The zero-order valence-corrected chi connectivity index (χ0v) is 13.8. The van der Waals surface area contributed by atoms with Crippen molar-refractivity contribution >= 4 is 6.34 Å². The van der Waals surface area contributed by atoms with Gasteiger partial charge in [0.2, 0.25) is 0 Å². The molecule has 1 heterocycles. The van der Waals surface area contributed by atoms with Gasteiger partial charge in [-0.25, -0.2) is 4.99 Å². The Morgan fingerprint density at radius 3 is 1.78 bits per heavy atom. The molecule has 0 unspecified atom stereocenters. The molecule has 0 aromatic heterocycles. The molecule has 0 aromatic rings. The van der Waals surface area contributed by atoms with Crippen molar-refractivity contribution in [1.29, 1.82) is 0 Å². The second kappa shape index (κ2) is 11.1. The molecule has 0 spiro atoms. The van der Waals surface area contributed by atoms with Gasteiger partial charge in [-0.05, 0) is 39.7 Å². The molecular formula is C16H32N2. The van der Waals surface area contributed by atoms with E-state index in [0.717, 1.165) is 5.92 Å². The summed E-state index contributed by atoms with van der Waals surface area (Å²) in [6.07, 6.45) is 5.77. The van der Waals surface area contributed by atoms with Crippen molar-refractivity contribution in [2.24, 2.45) is 10.9 Å². The largest absolute Gasteiger partial charge is 0.330 e. The van der Waals surface area contributed by atoms with Gasteiger partial charge in [0, 0.05) is 17.9 Å². The van der Waals surface area contributed by atoms with Gasteiger partial charge in [0.1, 0.15) is 0 Å². The lowest BCUT2D eigenvalue weighted by Crippen LogP contribution is -2.29. The minimum absolute atomic E-state index is 0.476. The first kappa shape index (κ1) is 19.3. The van der Waals surface area contributed by atoms with Crippen LogP contribution in [-0.4, -0.2) is 17.3 Å². The van der Waals surface area contributed by atoms with E-state index in [1.165, 1.54) is 11.3 Å². The van der Waals surface area contributed by atoms with Crippen molar-refractivity contribution in [2.45, 2.75) is 68.4 Å². The summed E-state index contributed by atoms with van der Waals surface area (Å²) < 4.78 is 0.